The van der Waals surface area contributed by atoms with Gasteiger partial charge in [-0.05, 0) is 55.6 Å². The molecule has 1 unspecified atom stereocenters. The first-order valence-corrected chi connectivity index (χ1v) is 8.81. The average Bonchev–Trinajstić information content (AvgIpc) is 3.21. The summed E-state index contributed by atoms with van der Waals surface area (Å²) in [6, 6.07) is 11.6. The molecule has 1 fully saturated rings. The largest absolute Gasteiger partial charge is 0.350 e. The van der Waals surface area contributed by atoms with Crippen LogP contribution in [-0.2, 0) is 0 Å². The maximum absolute atomic E-state index is 12.3. The Morgan fingerprint density at radius 2 is 2.04 bits per heavy atom. The summed E-state index contributed by atoms with van der Waals surface area (Å²) < 4.78 is 0. The maximum Gasteiger partial charge on any atom is 0.251 e. The summed E-state index contributed by atoms with van der Waals surface area (Å²) in [6.45, 7) is 2.84. The molecule has 0 saturated carbocycles. The van der Waals surface area contributed by atoms with Crippen molar-refractivity contribution in [2.45, 2.75) is 18.9 Å². The lowest BCUT2D eigenvalue weighted by Gasteiger charge is -2.26. The number of rotatable bonds is 5. The number of carbonyl (C=O) groups is 1. The highest BCUT2D eigenvalue weighted by molar-refractivity contribution is 7.10. The molecule has 3 rings (SSSR count). The molecule has 1 amide bonds. The molecule has 0 bridgehead atoms. The van der Waals surface area contributed by atoms with E-state index in [0.717, 1.165) is 13.1 Å². The van der Waals surface area contributed by atoms with Crippen molar-refractivity contribution in [1.29, 1.82) is 0 Å². The van der Waals surface area contributed by atoms with Crippen molar-refractivity contribution in [3.63, 3.8) is 0 Å². The van der Waals surface area contributed by atoms with Crippen LogP contribution >= 0.6 is 35.3 Å². The van der Waals surface area contributed by atoms with E-state index in [1.807, 2.05) is 0 Å². The molecule has 6 heteroatoms. The quantitative estimate of drug-likeness (QED) is 0.846. The lowest BCUT2D eigenvalue weighted by Crippen LogP contribution is -2.36. The van der Waals surface area contributed by atoms with Gasteiger partial charge in [-0.3, -0.25) is 9.69 Å². The second-order valence-electron chi connectivity index (χ2n) is 5.49. The van der Waals surface area contributed by atoms with Crippen molar-refractivity contribution in [1.82, 2.24) is 10.2 Å². The van der Waals surface area contributed by atoms with Crippen molar-refractivity contribution < 1.29 is 4.79 Å². The molecule has 2 aromatic rings. The number of halogens is 2. The SMILES string of the molecule is Cl.O=C(NCC(c1cccs1)N1CCCC1)c1cccc(Cl)c1. The van der Waals surface area contributed by atoms with Crippen LogP contribution in [0.5, 0.6) is 0 Å². The van der Waals surface area contributed by atoms with Gasteiger partial charge >= 0.3 is 0 Å². The van der Waals surface area contributed by atoms with Crippen molar-refractivity contribution in [2.75, 3.05) is 19.6 Å². The topological polar surface area (TPSA) is 32.3 Å². The van der Waals surface area contributed by atoms with Crippen LogP contribution in [0.15, 0.2) is 41.8 Å². The molecule has 0 radical (unpaired) electrons. The van der Waals surface area contributed by atoms with E-state index < -0.39 is 0 Å². The molecule has 1 N–H and O–H groups in total. The van der Waals surface area contributed by atoms with E-state index in [1.54, 1.807) is 35.6 Å². The van der Waals surface area contributed by atoms with Crippen LogP contribution in [0.2, 0.25) is 5.02 Å². The standard InChI is InChI=1S/C17H19ClN2OS.ClH/c18-14-6-3-5-13(11-14)17(21)19-12-15(16-7-4-10-22-16)20-8-1-2-9-20;/h3-7,10-11,15H,1-2,8-9,12H2,(H,19,21);1H. The fraction of sp³-hybridized carbons (Fsp3) is 0.353. The zero-order chi connectivity index (χ0) is 15.4. The van der Waals surface area contributed by atoms with E-state index in [9.17, 15) is 4.79 Å². The fourth-order valence-electron chi connectivity index (χ4n) is 2.86. The highest BCUT2D eigenvalue weighted by atomic mass is 35.5. The van der Waals surface area contributed by atoms with Crippen LogP contribution in [0.1, 0.15) is 34.1 Å². The number of nitrogens with one attached hydrogen (secondary N) is 1. The van der Waals surface area contributed by atoms with Gasteiger partial charge in [-0.25, -0.2) is 0 Å². The summed E-state index contributed by atoms with van der Waals surface area (Å²) in [5, 5.41) is 5.74. The van der Waals surface area contributed by atoms with E-state index in [2.05, 4.69) is 27.7 Å². The van der Waals surface area contributed by atoms with Gasteiger partial charge in [0, 0.05) is 22.0 Å². The summed E-state index contributed by atoms with van der Waals surface area (Å²) in [5.74, 6) is -0.0664. The molecule has 1 atom stereocenters. The minimum absolute atomic E-state index is 0. The molecule has 1 aromatic heterocycles. The van der Waals surface area contributed by atoms with Crippen LogP contribution in [-0.4, -0.2) is 30.4 Å². The first-order chi connectivity index (χ1) is 10.7. The van der Waals surface area contributed by atoms with Crippen molar-refractivity contribution >= 4 is 41.3 Å². The lowest BCUT2D eigenvalue weighted by molar-refractivity contribution is 0.0938. The molecule has 1 aliphatic heterocycles. The molecular weight excluding hydrogens is 351 g/mol. The van der Waals surface area contributed by atoms with Gasteiger partial charge in [0.2, 0.25) is 0 Å². The first kappa shape index (κ1) is 18.3. The maximum atomic E-state index is 12.3. The number of hydrogen-bond donors (Lipinski definition) is 1. The highest BCUT2D eigenvalue weighted by Crippen LogP contribution is 2.27. The Balaban J connectivity index is 0.00000192. The summed E-state index contributed by atoms with van der Waals surface area (Å²) in [7, 11) is 0. The van der Waals surface area contributed by atoms with Gasteiger partial charge in [0.1, 0.15) is 0 Å². The van der Waals surface area contributed by atoms with E-state index in [4.69, 9.17) is 11.6 Å². The summed E-state index contributed by atoms with van der Waals surface area (Å²) in [4.78, 5) is 16.1. The van der Waals surface area contributed by atoms with Crippen molar-refractivity contribution in [3.8, 4) is 0 Å². The zero-order valence-electron chi connectivity index (χ0n) is 12.7. The summed E-state index contributed by atoms with van der Waals surface area (Å²) in [6.07, 6.45) is 2.48. The Bertz CT molecular complexity index is 627. The van der Waals surface area contributed by atoms with Crippen LogP contribution < -0.4 is 5.32 Å². The minimum atomic E-state index is -0.0664. The second-order valence-corrected chi connectivity index (χ2v) is 6.91. The van der Waals surface area contributed by atoms with Gasteiger partial charge in [-0.1, -0.05) is 23.7 Å². The monoisotopic (exact) mass is 370 g/mol. The zero-order valence-corrected chi connectivity index (χ0v) is 15.1. The van der Waals surface area contributed by atoms with Gasteiger partial charge in [0.05, 0.1) is 6.04 Å². The van der Waals surface area contributed by atoms with E-state index in [1.165, 1.54) is 17.7 Å². The summed E-state index contributed by atoms with van der Waals surface area (Å²) >= 11 is 7.70. The Kier molecular flexibility index (Phi) is 6.90. The van der Waals surface area contributed by atoms with E-state index in [0.29, 0.717) is 17.1 Å². The Morgan fingerprint density at radius 1 is 1.26 bits per heavy atom. The number of likely N-dealkylation sites (tertiary alicyclic amines) is 1. The van der Waals surface area contributed by atoms with E-state index in [-0.39, 0.29) is 24.4 Å². The van der Waals surface area contributed by atoms with Crippen molar-refractivity contribution in [3.05, 3.63) is 57.2 Å². The molecule has 1 saturated heterocycles. The number of nitrogens with zero attached hydrogens (tertiary/aromatic N) is 1. The predicted molar refractivity (Wildman–Crippen MR) is 98.9 cm³/mol. The third-order valence-corrected chi connectivity index (χ3v) is 5.20. The normalized spacial score (nSPS) is 15.9. The number of benzene rings is 1. The molecule has 124 valence electrons. The third kappa shape index (κ3) is 4.70. The minimum Gasteiger partial charge on any atom is -0.350 e. The van der Waals surface area contributed by atoms with Crippen molar-refractivity contribution in [2.24, 2.45) is 0 Å². The van der Waals surface area contributed by atoms with Gasteiger partial charge in [-0.15, -0.1) is 23.7 Å². The number of amides is 1. The second kappa shape index (κ2) is 8.69. The first-order valence-electron chi connectivity index (χ1n) is 7.55. The number of carbonyl (C=O) groups excluding carboxylic acids is 1. The molecular formula is C17H20Cl2N2OS. The molecule has 23 heavy (non-hydrogen) atoms. The predicted octanol–water partition coefficient (Wildman–Crippen LogP) is 4.39. The lowest BCUT2D eigenvalue weighted by atomic mass is 10.2. The Morgan fingerprint density at radius 3 is 2.70 bits per heavy atom. The molecule has 1 aromatic carbocycles. The van der Waals surface area contributed by atoms with Gasteiger partial charge in [0.15, 0.2) is 0 Å². The summed E-state index contributed by atoms with van der Waals surface area (Å²) in [5.41, 5.74) is 0.610. The van der Waals surface area contributed by atoms with Gasteiger partial charge < -0.3 is 5.32 Å². The Hall–Kier alpha value is -1.07. The van der Waals surface area contributed by atoms with Crippen LogP contribution in [0.4, 0.5) is 0 Å². The smallest absolute Gasteiger partial charge is 0.251 e. The molecule has 2 heterocycles. The number of thiophene rings is 1. The van der Waals surface area contributed by atoms with E-state index >= 15 is 0 Å². The number of hydrogen-bond acceptors (Lipinski definition) is 3. The van der Waals surface area contributed by atoms with Gasteiger partial charge in [0.25, 0.3) is 5.91 Å². The van der Waals surface area contributed by atoms with Crippen LogP contribution in [0.3, 0.4) is 0 Å². The molecule has 0 spiro atoms. The van der Waals surface area contributed by atoms with Crippen LogP contribution in [0.25, 0.3) is 0 Å². The van der Waals surface area contributed by atoms with Gasteiger partial charge in [-0.2, -0.15) is 0 Å². The molecule has 1 aliphatic rings. The molecule has 3 nitrogen and oxygen atoms in total. The highest BCUT2D eigenvalue weighted by Gasteiger charge is 2.24. The Labute approximate surface area is 152 Å². The third-order valence-electron chi connectivity index (χ3n) is 4.00. The van der Waals surface area contributed by atoms with Crippen LogP contribution in [0, 0.1) is 0 Å². The fourth-order valence-corrected chi connectivity index (χ4v) is 3.92. The molecule has 0 aliphatic carbocycles. The average molecular weight is 371 g/mol.